The molecule has 1 N–H and O–H groups in total. The van der Waals surface area contributed by atoms with Crippen molar-refractivity contribution in [3.8, 4) is 0 Å². The van der Waals surface area contributed by atoms with E-state index in [9.17, 15) is 0 Å². The van der Waals surface area contributed by atoms with Crippen molar-refractivity contribution in [1.82, 2.24) is 10.2 Å². The molecule has 2 atom stereocenters. The second-order valence-corrected chi connectivity index (χ2v) is 5.92. The van der Waals surface area contributed by atoms with Gasteiger partial charge in [-0.05, 0) is 31.6 Å². The molecule has 0 aromatic rings. The van der Waals surface area contributed by atoms with Crippen LogP contribution in [0.2, 0.25) is 0 Å². The molecule has 88 valence electrons. The summed E-state index contributed by atoms with van der Waals surface area (Å²) < 4.78 is 0. The molecule has 0 bridgehead atoms. The van der Waals surface area contributed by atoms with Crippen LogP contribution in [-0.2, 0) is 0 Å². The smallest absolute Gasteiger partial charge is 0.0266 e. The molecule has 0 radical (unpaired) electrons. The molecule has 0 aromatic carbocycles. The van der Waals surface area contributed by atoms with Crippen LogP contribution in [0.3, 0.4) is 0 Å². The van der Waals surface area contributed by atoms with Crippen LogP contribution in [0.25, 0.3) is 0 Å². The molecule has 1 spiro atoms. The predicted molar refractivity (Wildman–Crippen MR) is 65.1 cm³/mol. The van der Waals surface area contributed by atoms with Gasteiger partial charge in [0.2, 0.25) is 0 Å². The Hall–Kier alpha value is -0.0800. The van der Waals surface area contributed by atoms with Gasteiger partial charge >= 0.3 is 0 Å². The molecule has 2 rings (SSSR count). The first-order valence-electron chi connectivity index (χ1n) is 6.57. The van der Waals surface area contributed by atoms with Crippen molar-refractivity contribution in [2.45, 2.75) is 65.1 Å². The lowest BCUT2D eigenvalue weighted by molar-refractivity contribution is 0.239. The second-order valence-electron chi connectivity index (χ2n) is 5.92. The Labute approximate surface area is 94.4 Å². The Kier molecular flexibility index (Phi) is 3.09. The third-order valence-corrected chi connectivity index (χ3v) is 4.32. The van der Waals surface area contributed by atoms with E-state index in [0.717, 1.165) is 12.1 Å². The second kappa shape index (κ2) is 4.06. The Morgan fingerprint density at radius 3 is 2.47 bits per heavy atom. The van der Waals surface area contributed by atoms with Gasteiger partial charge in [0.05, 0.1) is 0 Å². The van der Waals surface area contributed by atoms with Gasteiger partial charge in [0.25, 0.3) is 0 Å². The van der Waals surface area contributed by atoms with Crippen molar-refractivity contribution in [2.24, 2.45) is 5.41 Å². The maximum absolute atomic E-state index is 3.76. The Balaban J connectivity index is 1.96. The Morgan fingerprint density at radius 1 is 1.33 bits per heavy atom. The van der Waals surface area contributed by atoms with Gasteiger partial charge in [-0.3, -0.25) is 4.90 Å². The van der Waals surface area contributed by atoms with Crippen LogP contribution in [-0.4, -0.2) is 36.1 Å². The third kappa shape index (κ3) is 2.21. The molecule has 1 saturated heterocycles. The van der Waals surface area contributed by atoms with Crippen LogP contribution in [0, 0.1) is 5.41 Å². The highest BCUT2D eigenvalue weighted by Crippen LogP contribution is 2.53. The van der Waals surface area contributed by atoms with E-state index in [1.807, 2.05) is 0 Å². The molecule has 1 heterocycles. The predicted octanol–water partition coefficient (Wildman–Crippen LogP) is 2.25. The molecule has 1 saturated carbocycles. The lowest BCUT2D eigenvalue weighted by Gasteiger charge is -2.23. The van der Waals surface area contributed by atoms with E-state index in [4.69, 9.17) is 0 Å². The first kappa shape index (κ1) is 11.4. The van der Waals surface area contributed by atoms with Crippen molar-refractivity contribution in [2.75, 3.05) is 13.1 Å². The van der Waals surface area contributed by atoms with Crippen LogP contribution < -0.4 is 5.32 Å². The van der Waals surface area contributed by atoms with Gasteiger partial charge in [-0.25, -0.2) is 0 Å². The number of likely N-dealkylation sites (tertiary alicyclic amines) is 1. The average molecular weight is 210 g/mol. The van der Waals surface area contributed by atoms with E-state index < -0.39 is 0 Å². The van der Waals surface area contributed by atoms with Gasteiger partial charge in [0.1, 0.15) is 0 Å². The summed E-state index contributed by atoms with van der Waals surface area (Å²) in [6, 6.07) is 2.15. The summed E-state index contributed by atoms with van der Waals surface area (Å²) >= 11 is 0. The Morgan fingerprint density at radius 2 is 2.00 bits per heavy atom. The topological polar surface area (TPSA) is 15.3 Å². The fourth-order valence-corrected chi connectivity index (χ4v) is 2.90. The minimum absolute atomic E-state index is 0.629. The van der Waals surface area contributed by atoms with Crippen molar-refractivity contribution < 1.29 is 0 Å². The summed E-state index contributed by atoms with van der Waals surface area (Å²) in [5, 5.41) is 3.76. The average Bonchev–Trinajstić information content (AvgIpc) is 2.85. The first-order valence-corrected chi connectivity index (χ1v) is 6.57. The standard InChI is InChI=1S/C13H26N2/c1-5-11(4)15-8-12(14-10(2)3)13(9-15)6-7-13/h10-12,14H,5-9H2,1-4H3. The minimum atomic E-state index is 0.629. The minimum Gasteiger partial charge on any atom is -0.310 e. The number of hydrogen-bond donors (Lipinski definition) is 1. The summed E-state index contributed by atoms with van der Waals surface area (Å²) in [4.78, 5) is 2.69. The Bertz CT molecular complexity index is 221. The summed E-state index contributed by atoms with van der Waals surface area (Å²) in [5.41, 5.74) is 0.660. The summed E-state index contributed by atoms with van der Waals surface area (Å²) in [6.07, 6.45) is 4.18. The number of nitrogens with one attached hydrogen (secondary N) is 1. The maximum atomic E-state index is 3.76. The quantitative estimate of drug-likeness (QED) is 0.765. The highest BCUT2D eigenvalue weighted by molar-refractivity contribution is 5.10. The van der Waals surface area contributed by atoms with Gasteiger partial charge in [-0.15, -0.1) is 0 Å². The van der Waals surface area contributed by atoms with E-state index in [1.165, 1.54) is 32.4 Å². The zero-order valence-electron chi connectivity index (χ0n) is 10.7. The molecule has 2 unspecified atom stereocenters. The highest BCUT2D eigenvalue weighted by atomic mass is 15.2. The summed E-state index contributed by atoms with van der Waals surface area (Å²) in [7, 11) is 0. The monoisotopic (exact) mass is 210 g/mol. The normalized spacial score (nSPS) is 31.4. The molecule has 0 amide bonds. The van der Waals surface area contributed by atoms with Gasteiger partial charge in [0, 0.05) is 31.2 Å². The van der Waals surface area contributed by atoms with E-state index in [2.05, 4.69) is 37.9 Å². The van der Waals surface area contributed by atoms with E-state index >= 15 is 0 Å². The molecule has 1 aliphatic heterocycles. The molecule has 0 aromatic heterocycles. The summed E-state index contributed by atoms with van der Waals surface area (Å²) in [6.45, 7) is 11.8. The van der Waals surface area contributed by atoms with Gasteiger partial charge in [-0.2, -0.15) is 0 Å². The maximum Gasteiger partial charge on any atom is 0.0266 e. The molecular formula is C13H26N2. The van der Waals surface area contributed by atoms with Crippen LogP contribution in [0.5, 0.6) is 0 Å². The molecule has 2 heteroatoms. The molecule has 1 aliphatic carbocycles. The van der Waals surface area contributed by atoms with Crippen molar-refractivity contribution in [1.29, 1.82) is 0 Å². The fraction of sp³-hybridized carbons (Fsp3) is 1.00. The zero-order chi connectivity index (χ0) is 11.1. The van der Waals surface area contributed by atoms with E-state index in [-0.39, 0.29) is 0 Å². The highest BCUT2D eigenvalue weighted by Gasteiger charge is 2.55. The van der Waals surface area contributed by atoms with Gasteiger partial charge in [0.15, 0.2) is 0 Å². The lowest BCUT2D eigenvalue weighted by Crippen LogP contribution is -2.42. The lowest BCUT2D eigenvalue weighted by atomic mass is 10.0. The van der Waals surface area contributed by atoms with Gasteiger partial charge < -0.3 is 5.32 Å². The number of hydrogen-bond acceptors (Lipinski definition) is 2. The van der Waals surface area contributed by atoms with E-state index in [0.29, 0.717) is 11.5 Å². The first-order chi connectivity index (χ1) is 7.07. The molecular weight excluding hydrogens is 184 g/mol. The van der Waals surface area contributed by atoms with Crippen LogP contribution in [0.15, 0.2) is 0 Å². The van der Waals surface area contributed by atoms with Crippen molar-refractivity contribution in [3.05, 3.63) is 0 Å². The molecule has 2 nitrogen and oxygen atoms in total. The molecule has 15 heavy (non-hydrogen) atoms. The van der Waals surface area contributed by atoms with Gasteiger partial charge in [-0.1, -0.05) is 20.8 Å². The SMILES string of the molecule is CCC(C)N1CC(NC(C)C)C2(CC2)C1. The number of nitrogens with zero attached hydrogens (tertiary/aromatic N) is 1. The van der Waals surface area contributed by atoms with Crippen LogP contribution >= 0.6 is 0 Å². The zero-order valence-corrected chi connectivity index (χ0v) is 10.7. The largest absolute Gasteiger partial charge is 0.310 e. The molecule has 2 fully saturated rings. The van der Waals surface area contributed by atoms with Crippen LogP contribution in [0.4, 0.5) is 0 Å². The van der Waals surface area contributed by atoms with Crippen molar-refractivity contribution >= 4 is 0 Å². The number of rotatable bonds is 4. The van der Waals surface area contributed by atoms with Crippen molar-refractivity contribution in [3.63, 3.8) is 0 Å². The third-order valence-electron chi connectivity index (χ3n) is 4.32. The fourth-order valence-electron chi connectivity index (χ4n) is 2.90. The summed E-state index contributed by atoms with van der Waals surface area (Å²) in [5.74, 6) is 0. The van der Waals surface area contributed by atoms with Crippen LogP contribution in [0.1, 0.15) is 47.0 Å². The van der Waals surface area contributed by atoms with E-state index in [1.54, 1.807) is 0 Å². The molecule has 2 aliphatic rings.